The second-order valence-electron chi connectivity index (χ2n) is 3.52. The van der Waals surface area contributed by atoms with Gasteiger partial charge in [-0.15, -0.1) is 0 Å². The van der Waals surface area contributed by atoms with E-state index in [0.717, 1.165) is 0 Å². The molecule has 0 aliphatic carbocycles. The second kappa shape index (κ2) is 5.14. The van der Waals surface area contributed by atoms with Crippen LogP contribution in [0, 0.1) is 5.82 Å². The molecule has 1 heterocycles. The Kier molecular flexibility index (Phi) is 3.57. The van der Waals surface area contributed by atoms with Crippen molar-refractivity contribution < 1.29 is 9.18 Å². The average Bonchev–Trinajstić information content (AvgIpc) is 2.34. The lowest BCUT2D eigenvalue weighted by atomic mass is 10.2. The third-order valence-electron chi connectivity index (χ3n) is 2.21. The molecule has 0 bridgehead atoms. The van der Waals surface area contributed by atoms with E-state index in [4.69, 9.17) is 0 Å². The van der Waals surface area contributed by atoms with Gasteiger partial charge in [0.2, 0.25) is 5.56 Å². The predicted molar refractivity (Wildman–Crippen MR) is 69.1 cm³/mol. The molecule has 0 saturated carbocycles. The Balaban J connectivity index is 2.21. The molecule has 18 heavy (non-hydrogen) atoms. The maximum absolute atomic E-state index is 13.0. The molecule has 2 N–H and O–H groups in total. The molecule has 2 rings (SSSR count). The van der Waals surface area contributed by atoms with Gasteiger partial charge in [-0.1, -0.05) is 0 Å². The molecule has 0 spiro atoms. The van der Waals surface area contributed by atoms with Gasteiger partial charge in [-0.05, 0) is 40.2 Å². The van der Waals surface area contributed by atoms with Gasteiger partial charge in [0.15, 0.2) is 0 Å². The molecule has 0 radical (unpaired) electrons. The number of H-pyrrole nitrogens is 1. The molecule has 0 aliphatic heterocycles. The van der Waals surface area contributed by atoms with Crippen LogP contribution in [0.5, 0.6) is 0 Å². The Hall–Kier alpha value is -1.95. The Bertz CT molecular complexity index is 655. The van der Waals surface area contributed by atoms with E-state index < -0.39 is 11.7 Å². The van der Waals surface area contributed by atoms with Crippen LogP contribution < -0.4 is 10.9 Å². The monoisotopic (exact) mass is 310 g/mol. The summed E-state index contributed by atoms with van der Waals surface area (Å²) in [5, 5.41) is 2.57. The van der Waals surface area contributed by atoms with Crippen molar-refractivity contribution in [2.45, 2.75) is 0 Å². The summed E-state index contributed by atoms with van der Waals surface area (Å²) in [5.74, 6) is -0.844. The van der Waals surface area contributed by atoms with Crippen molar-refractivity contribution in [1.82, 2.24) is 4.98 Å². The number of pyridine rings is 1. The molecule has 92 valence electrons. The highest BCUT2D eigenvalue weighted by molar-refractivity contribution is 9.10. The lowest BCUT2D eigenvalue weighted by molar-refractivity contribution is 0.102. The third kappa shape index (κ3) is 2.84. The fourth-order valence-electron chi connectivity index (χ4n) is 1.36. The van der Waals surface area contributed by atoms with Crippen molar-refractivity contribution in [3.63, 3.8) is 0 Å². The molecule has 0 fully saturated rings. The van der Waals surface area contributed by atoms with Crippen LogP contribution in [0.25, 0.3) is 0 Å². The van der Waals surface area contributed by atoms with Crippen LogP contribution in [0.2, 0.25) is 0 Å². The minimum Gasteiger partial charge on any atom is -0.329 e. The van der Waals surface area contributed by atoms with E-state index >= 15 is 0 Å². The summed E-state index contributed by atoms with van der Waals surface area (Å²) in [5.41, 5.74) is 0.315. The van der Waals surface area contributed by atoms with Crippen LogP contribution in [0.15, 0.2) is 45.8 Å². The topological polar surface area (TPSA) is 62.0 Å². The first-order chi connectivity index (χ1) is 8.56. The molecule has 1 amide bonds. The van der Waals surface area contributed by atoms with Crippen LogP contribution in [-0.4, -0.2) is 10.9 Å². The lowest BCUT2D eigenvalue weighted by Crippen LogP contribution is -2.15. The number of hydrogen-bond donors (Lipinski definition) is 2. The van der Waals surface area contributed by atoms with Crippen molar-refractivity contribution in [3.05, 3.63) is 62.7 Å². The predicted octanol–water partition coefficient (Wildman–Crippen LogP) is 2.53. The van der Waals surface area contributed by atoms with Gasteiger partial charge in [-0.25, -0.2) is 4.39 Å². The van der Waals surface area contributed by atoms with Crippen molar-refractivity contribution in [1.29, 1.82) is 0 Å². The number of aromatic amines is 1. The van der Waals surface area contributed by atoms with E-state index in [1.807, 2.05) is 0 Å². The smallest absolute Gasteiger partial charge is 0.255 e. The summed E-state index contributed by atoms with van der Waals surface area (Å²) in [7, 11) is 0. The van der Waals surface area contributed by atoms with Gasteiger partial charge in [0, 0.05) is 23.5 Å². The van der Waals surface area contributed by atoms with Gasteiger partial charge in [0.05, 0.1) is 4.47 Å². The number of nitrogens with one attached hydrogen (secondary N) is 2. The van der Waals surface area contributed by atoms with Gasteiger partial charge in [0.25, 0.3) is 5.91 Å². The first-order valence-corrected chi connectivity index (χ1v) is 5.81. The number of aromatic nitrogens is 1. The molecule has 1 aromatic heterocycles. The minimum atomic E-state index is -0.431. The number of anilines is 1. The van der Waals surface area contributed by atoms with E-state index in [1.54, 1.807) is 0 Å². The number of amides is 1. The summed E-state index contributed by atoms with van der Waals surface area (Å²) >= 11 is 3.02. The molecule has 2 aromatic rings. The normalized spacial score (nSPS) is 10.1. The van der Waals surface area contributed by atoms with Crippen LogP contribution >= 0.6 is 15.9 Å². The number of carbonyl (C=O) groups is 1. The number of rotatable bonds is 2. The quantitative estimate of drug-likeness (QED) is 0.895. The first kappa shape index (κ1) is 12.5. The number of halogens is 2. The van der Waals surface area contributed by atoms with Crippen LogP contribution in [0.3, 0.4) is 0 Å². The molecular formula is C12H8BrFN2O2. The fourth-order valence-corrected chi connectivity index (χ4v) is 1.74. The molecule has 0 atom stereocenters. The van der Waals surface area contributed by atoms with Crippen molar-refractivity contribution in [3.8, 4) is 0 Å². The zero-order chi connectivity index (χ0) is 13.1. The minimum absolute atomic E-state index is 0.235. The van der Waals surface area contributed by atoms with E-state index in [9.17, 15) is 14.0 Å². The van der Waals surface area contributed by atoms with E-state index in [0.29, 0.717) is 5.69 Å². The number of carbonyl (C=O) groups excluding carboxylic acids is 1. The fraction of sp³-hybridized carbons (Fsp3) is 0. The number of benzene rings is 1. The van der Waals surface area contributed by atoms with Gasteiger partial charge < -0.3 is 10.3 Å². The molecule has 0 saturated heterocycles. The standard InChI is InChI=1S/C12H8BrFN2O2/c13-9-6-8(1-2-10(9)14)16-12(18)7-3-4-15-11(17)5-7/h1-6H,(H,15,17)(H,16,18). The Morgan fingerprint density at radius 2 is 2.06 bits per heavy atom. The first-order valence-electron chi connectivity index (χ1n) is 5.01. The molecular weight excluding hydrogens is 303 g/mol. The Morgan fingerprint density at radius 1 is 1.28 bits per heavy atom. The van der Waals surface area contributed by atoms with Crippen molar-refractivity contribution >= 4 is 27.5 Å². The third-order valence-corrected chi connectivity index (χ3v) is 2.82. The van der Waals surface area contributed by atoms with Gasteiger partial charge >= 0.3 is 0 Å². The molecule has 0 aliphatic rings. The van der Waals surface area contributed by atoms with E-state index in [1.165, 1.54) is 36.5 Å². The van der Waals surface area contributed by atoms with E-state index in [2.05, 4.69) is 26.2 Å². The summed E-state index contributed by atoms with van der Waals surface area (Å²) in [6, 6.07) is 6.78. The lowest BCUT2D eigenvalue weighted by Gasteiger charge is -2.05. The highest BCUT2D eigenvalue weighted by Gasteiger charge is 2.07. The zero-order valence-corrected chi connectivity index (χ0v) is 10.6. The summed E-state index contributed by atoms with van der Waals surface area (Å²) in [6.45, 7) is 0. The van der Waals surface area contributed by atoms with Crippen molar-refractivity contribution in [2.24, 2.45) is 0 Å². The van der Waals surface area contributed by atoms with Gasteiger partial charge in [-0.3, -0.25) is 9.59 Å². The summed E-state index contributed by atoms with van der Waals surface area (Å²) < 4.78 is 13.3. The molecule has 6 heteroatoms. The van der Waals surface area contributed by atoms with Crippen LogP contribution in [0.4, 0.5) is 10.1 Å². The largest absolute Gasteiger partial charge is 0.329 e. The SMILES string of the molecule is O=C(Nc1ccc(F)c(Br)c1)c1cc[nH]c(=O)c1. The van der Waals surface area contributed by atoms with Crippen LogP contribution in [-0.2, 0) is 0 Å². The Morgan fingerprint density at radius 3 is 2.72 bits per heavy atom. The Labute approximate surface area is 110 Å². The molecule has 0 unspecified atom stereocenters. The molecule has 1 aromatic carbocycles. The molecule has 4 nitrogen and oxygen atoms in total. The van der Waals surface area contributed by atoms with Crippen molar-refractivity contribution in [2.75, 3.05) is 5.32 Å². The average molecular weight is 311 g/mol. The number of hydrogen-bond acceptors (Lipinski definition) is 2. The second-order valence-corrected chi connectivity index (χ2v) is 4.38. The highest BCUT2D eigenvalue weighted by Crippen LogP contribution is 2.20. The maximum Gasteiger partial charge on any atom is 0.255 e. The zero-order valence-electron chi connectivity index (χ0n) is 9.04. The van der Waals surface area contributed by atoms with Crippen LogP contribution in [0.1, 0.15) is 10.4 Å². The van der Waals surface area contributed by atoms with Gasteiger partial charge in [-0.2, -0.15) is 0 Å². The van der Waals surface area contributed by atoms with Gasteiger partial charge in [0.1, 0.15) is 5.82 Å². The maximum atomic E-state index is 13.0. The summed E-state index contributed by atoms with van der Waals surface area (Å²) in [4.78, 5) is 25.3. The van der Waals surface area contributed by atoms with E-state index in [-0.39, 0.29) is 15.6 Å². The summed E-state index contributed by atoms with van der Waals surface area (Å²) in [6.07, 6.45) is 1.39. The highest BCUT2D eigenvalue weighted by atomic mass is 79.9.